The Morgan fingerprint density at radius 2 is 2.15 bits per heavy atom. The lowest BCUT2D eigenvalue weighted by Gasteiger charge is -2.08. The molecule has 0 heterocycles. The molecule has 13 heavy (non-hydrogen) atoms. The number of nitrogens with two attached hydrogens (primary N) is 1. The molecule has 2 N–H and O–H groups in total. The van der Waals surface area contributed by atoms with Gasteiger partial charge in [-0.1, -0.05) is 39.7 Å². The Hall–Kier alpha value is -0.0200. The minimum Gasteiger partial charge on any atom is -0.321 e. The number of rotatable bonds is 2. The van der Waals surface area contributed by atoms with Crippen LogP contribution < -0.4 is 5.73 Å². The van der Waals surface area contributed by atoms with Gasteiger partial charge in [-0.05, 0) is 17.7 Å². The molecule has 1 nitrogen and oxygen atoms in total. The molecule has 1 rings (SSSR count). The van der Waals surface area contributed by atoms with E-state index in [0.29, 0.717) is 5.02 Å². The fourth-order valence-electron chi connectivity index (χ4n) is 0.899. The molecule has 72 valence electrons. The molecule has 0 bridgehead atoms. The van der Waals surface area contributed by atoms with E-state index < -0.39 is 0 Å². The van der Waals surface area contributed by atoms with E-state index in [4.69, 9.17) is 17.3 Å². The molecule has 1 aromatic carbocycles. The summed E-state index contributed by atoms with van der Waals surface area (Å²) in [6, 6.07) is 5.43. The van der Waals surface area contributed by atoms with Crippen molar-refractivity contribution >= 4 is 39.9 Å². The zero-order chi connectivity index (χ0) is 9.14. The van der Waals surface area contributed by atoms with Gasteiger partial charge in [-0.25, -0.2) is 0 Å². The molecule has 0 saturated heterocycles. The first kappa shape index (κ1) is 13.0. The van der Waals surface area contributed by atoms with Crippen LogP contribution in [-0.2, 0) is 0 Å². The molecule has 1 atom stereocenters. The highest BCUT2D eigenvalue weighted by Gasteiger charge is 2.05. The quantitative estimate of drug-likeness (QED) is 0.823. The minimum atomic E-state index is -0.189. The third-order valence-corrected chi connectivity index (χ3v) is 2.40. The second-order valence-electron chi connectivity index (χ2n) is 2.43. The highest BCUT2D eigenvalue weighted by atomic mass is 79.9. The second kappa shape index (κ2) is 5.66. The van der Waals surface area contributed by atoms with E-state index in [1.807, 2.05) is 18.2 Å². The predicted molar refractivity (Wildman–Crippen MR) is 63.5 cm³/mol. The van der Waals surface area contributed by atoms with Crippen LogP contribution in [0.5, 0.6) is 0 Å². The molecule has 0 aliphatic carbocycles. The van der Waals surface area contributed by atoms with Crippen molar-refractivity contribution in [2.75, 3.05) is 0 Å². The largest absolute Gasteiger partial charge is 0.321 e. The molecule has 0 saturated carbocycles. The van der Waals surface area contributed by atoms with Gasteiger partial charge in [0.25, 0.3) is 0 Å². The predicted octanol–water partition coefficient (Wildman–Crippen LogP) is 3.71. The summed E-state index contributed by atoms with van der Waals surface area (Å²) in [4.78, 5) is 0. The van der Waals surface area contributed by atoms with Crippen LogP contribution in [0, 0.1) is 0 Å². The number of halogens is 3. The SMILES string of the molecule is C=C[C@H](N)c1ccc(Br)cc1Cl.Cl. The molecule has 0 aliphatic rings. The lowest BCUT2D eigenvalue weighted by Crippen LogP contribution is -2.06. The summed E-state index contributed by atoms with van der Waals surface area (Å²) < 4.78 is 0.951. The summed E-state index contributed by atoms with van der Waals surface area (Å²) in [6.07, 6.45) is 1.66. The van der Waals surface area contributed by atoms with Gasteiger partial charge < -0.3 is 5.73 Å². The van der Waals surface area contributed by atoms with Crippen LogP contribution in [-0.4, -0.2) is 0 Å². The Labute approximate surface area is 97.5 Å². The minimum absolute atomic E-state index is 0. The van der Waals surface area contributed by atoms with Crippen LogP contribution in [0.2, 0.25) is 5.02 Å². The topological polar surface area (TPSA) is 26.0 Å². The zero-order valence-corrected chi connectivity index (χ0v) is 9.99. The van der Waals surface area contributed by atoms with E-state index in [0.717, 1.165) is 10.0 Å². The van der Waals surface area contributed by atoms with Crippen molar-refractivity contribution in [2.45, 2.75) is 6.04 Å². The molecule has 0 radical (unpaired) electrons. The first-order chi connectivity index (χ1) is 5.65. The summed E-state index contributed by atoms with van der Waals surface area (Å²) in [6.45, 7) is 3.61. The third-order valence-electron chi connectivity index (χ3n) is 1.58. The lowest BCUT2D eigenvalue weighted by atomic mass is 10.1. The monoisotopic (exact) mass is 281 g/mol. The van der Waals surface area contributed by atoms with Gasteiger partial charge in [-0.15, -0.1) is 19.0 Å². The van der Waals surface area contributed by atoms with Crippen molar-refractivity contribution < 1.29 is 0 Å². The van der Waals surface area contributed by atoms with Crippen LogP contribution in [0.15, 0.2) is 35.3 Å². The fourth-order valence-corrected chi connectivity index (χ4v) is 1.70. The molecular formula is C9H10BrCl2N. The Bertz CT molecular complexity index is 302. The Balaban J connectivity index is 0.00000144. The van der Waals surface area contributed by atoms with Crippen LogP contribution in [0.4, 0.5) is 0 Å². The standard InChI is InChI=1S/C9H9BrClN.ClH/c1-2-9(12)7-4-3-6(10)5-8(7)11;/h2-5,9H,1,12H2;1H/t9-;/m0./s1. The van der Waals surface area contributed by atoms with Crippen LogP contribution in [0.3, 0.4) is 0 Å². The van der Waals surface area contributed by atoms with E-state index in [9.17, 15) is 0 Å². The average Bonchev–Trinajstić information content (AvgIpc) is 2.03. The van der Waals surface area contributed by atoms with Crippen molar-refractivity contribution in [3.63, 3.8) is 0 Å². The number of benzene rings is 1. The van der Waals surface area contributed by atoms with Gasteiger partial charge in [0, 0.05) is 15.5 Å². The van der Waals surface area contributed by atoms with Crippen molar-refractivity contribution in [3.8, 4) is 0 Å². The molecule has 0 fully saturated rings. The summed E-state index contributed by atoms with van der Waals surface area (Å²) >= 11 is 9.26. The smallest absolute Gasteiger partial charge is 0.0493 e. The van der Waals surface area contributed by atoms with E-state index >= 15 is 0 Å². The molecule has 0 aliphatic heterocycles. The van der Waals surface area contributed by atoms with Crippen molar-refractivity contribution in [1.82, 2.24) is 0 Å². The van der Waals surface area contributed by atoms with Crippen LogP contribution in [0.1, 0.15) is 11.6 Å². The summed E-state index contributed by atoms with van der Waals surface area (Å²) in [5, 5.41) is 0.664. The van der Waals surface area contributed by atoms with Gasteiger partial charge in [0.05, 0.1) is 0 Å². The first-order valence-electron chi connectivity index (χ1n) is 3.48. The molecule has 0 unspecified atom stereocenters. The van der Waals surface area contributed by atoms with Gasteiger partial charge in [0.1, 0.15) is 0 Å². The van der Waals surface area contributed by atoms with E-state index in [1.165, 1.54) is 0 Å². The fraction of sp³-hybridized carbons (Fsp3) is 0.111. The number of hydrogen-bond acceptors (Lipinski definition) is 1. The molecule has 4 heteroatoms. The zero-order valence-electron chi connectivity index (χ0n) is 6.84. The van der Waals surface area contributed by atoms with Crippen molar-refractivity contribution in [3.05, 3.63) is 45.9 Å². The first-order valence-corrected chi connectivity index (χ1v) is 4.65. The maximum Gasteiger partial charge on any atom is 0.0493 e. The summed E-state index contributed by atoms with van der Waals surface area (Å²) in [5.74, 6) is 0. The van der Waals surface area contributed by atoms with E-state index in [2.05, 4.69) is 22.5 Å². The highest BCUT2D eigenvalue weighted by molar-refractivity contribution is 9.10. The average molecular weight is 283 g/mol. The van der Waals surface area contributed by atoms with Crippen molar-refractivity contribution in [2.24, 2.45) is 5.73 Å². The van der Waals surface area contributed by atoms with Gasteiger partial charge in [0.2, 0.25) is 0 Å². The van der Waals surface area contributed by atoms with Gasteiger partial charge in [-0.2, -0.15) is 0 Å². The van der Waals surface area contributed by atoms with E-state index in [1.54, 1.807) is 6.08 Å². The second-order valence-corrected chi connectivity index (χ2v) is 3.75. The number of hydrogen-bond donors (Lipinski definition) is 1. The van der Waals surface area contributed by atoms with Gasteiger partial charge in [-0.3, -0.25) is 0 Å². The normalized spacial score (nSPS) is 11.6. The van der Waals surface area contributed by atoms with Crippen LogP contribution >= 0.6 is 39.9 Å². The molecule has 1 aromatic rings. The Morgan fingerprint density at radius 3 is 2.62 bits per heavy atom. The molecule has 0 amide bonds. The maximum atomic E-state index is 5.95. The molecule has 0 aromatic heterocycles. The highest BCUT2D eigenvalue weighted by Crippen LogP contribution is 2.25. The van der Waals surface area contributed by atoms with Crippen molar-refractivity contribution in [1.29, 1.82) is 0 Å². The van der Waals surface area contributed by atoms with E-state index in [-0.39, 0.29) is 18.4 Å². The Kier molecular flexibility index (Phi) is 5.65. The lowest BCUT2D eigenvalue weighted by molar-refractivity contribution is 0.914. The van der Waals surface area contributed by atoms with Gasteiger partial charge >= 0.3 is 0 Å². The summed E-state index contributed by atoms with van der Waals surface area (Å²) in [7, 11) is 0. The third kappa shape index (κ3) is 3.31. The maximum absolute atomic E-state index is 5.95. The van der Waals surface area contributed by atoms with Gasteiger partial charge in [0.15, 0.2) is 0 Å². The Morgan fingerprint density at radius 1 is 1.54 bits per heavy atom. The van der Waals surface area contributed by atoms with Crippen LogP contribution in [0.25, 0.3) is 0 Å². The summed E-state index contributed by atoms with van der Waals surface area (Å²) in [5.41, 5.74) is 6.63. The molecular weight excluding hydrogens is 273 g/mol. The molecule has 0 spiro atoms.